The number of hydrogen-bond donors (Lipinski definition) is 3. The molecule has 0 saturated carbocycles. The van der Waals surface area contributed by atoms with Gasteiger partial charge in [0.25, 0.3) is 5.91 Å². The zero-order valence-corrected chi connectivity index (χ0v) is 14.0. The third-order valence-corrected chi connectivity index (χ3v) is 4.17. The summed E-state index contributed by atoms with van der Waals surface area (Å²) < 4.78 is 0. The van der Waals surface area contributed by atoms with Crippen molar-refractivity contribution in [3.8, 4) is 11.3 Å². The van der Waals surface area contributed by atoms with E-state index in [1.54, 1.807) is 24.3 Å². The van der Waals surface area contributed by atoms with E-state index in [4.69, 9.17) is 0 Å². The van der Waals surface area contributed by atoms with Crippen LogP contribution in [0.4, 0.5) is 5.69 Å². The van der Waals surface area contributed by atoms with E-state index in [1.807, 2.05) is 43.3 Å². The topological polar surface area (TPSA) is 90.6 Å². The number of hydrogen-bond acceptors (Lipinski definition) is 3. The number of carbonyl (C=O) groups excluding carboxylic acids is 1. The van der Waals surface area contributed by atoms with Gasteiger partial charge in [0.2, 0.25) is 0 Å². The maximum absolute atomic E-state index is 12.6. The third-order valence-electron chi connectivity index (χ3n) is 4.17. The van der Waals surface area contributed by atoms with Crippen LogP contribution in [0.1, 0.15) is 16.1 Å². The average molecular weight is 344 g/mol. The van der Waals surface area contributed by atoms with Crippen molar-refractivity contribution in [2.24, 2.45) is 0 Å². The highest BCUT2D eigenvalue weighted by molar-refractivity contribution is 6.05. The van der Waals surface area contributed by atoms with Crippen molar-refractivity contribution in [3.63, 3.8) is 0 Å². The molecule has 6 heteroatoms. The number of nitrogens with zero attached hydrogens (tertiary/aromatic N) is 1. The molecule has 128 valence electrons. The molecule has 2 aromatic heterocycles. The molecule has 0 aliphatic carbocycles. The fourth-order valence-corrected chi connectivity index (χ4v) is 2.88. The van der Waals surface area contributed by atoms with Gasteiger partial charge in [0.15, 0.2) is 0 Å². The number of H-pyrrole nitrogens is 2. The highest BCUT2D eigenvalue weighted by Gasteiger charge is 2.12. The van der Waals surface area contributed by atoms with Gasteiger partial charge in [0.1, 0.15) is 0 Å². The molecule has 1 amide bonds. The quantitative estimate of drug-likeness (QED) is 0.531. The average Bonchev–Trinajstić information content (AvgIpc) is 3.01. The fraction of sp³-hybridized carbons (Fsp3) is 0.0500. The van der Waals surface area contributed by atoms with Crippen LogP contribution in [0.25, 0.3) is 22.3 Å². The number of aromatic amines is 2. The Labute approximate surface area is 148 Å². The Kier molecular flexibility index (Phi) is 3.85. The number of aryl methyl sites for hydroxylation is 1. The molecule has 0 radical (unpaired) electrons. The number of anilines is 1. The van der Waals surface area contributed by atoms with Crippen molar-refractivity contribution in [2.45, 2.75) is 6.92 Å². The number of nitrogens with one attached hydrogen (secondary N) is 3. The standard InChI is InChI=1S/C20H16N4O2/c1-12-15(8-10-16(21-12)13-5-3-2-4-6-13)19(25)22-14-7-9-17-18(11-14)24-20(26)23-17/h2-11H,1H3,(H,22,25)(H2,23,24,26). The first-order valence-electron chi connectivity index (χ1n) is 8.16. The third kappa shape index (κ3) is 3.00. The Hall–Kier alpha value is -3.67. The van der Waals surface area contributed by atoms with E-state index in [0.717, 1.165) is 11.3 Å². The minimum Gasteiger partial charge on any atom is -0.322 e. The lowest BCUT2D eigenvalue weighted by Gasteiger charge is -2.09. The molecule has 0 aliphatic rings. The van der Waals surface area contributed by atoms with Gasteiger partial charge in [-0.05, 0) is 37.3 Å². The summed E-state index contributed by atoms with van der Waals surface area (Å²) in [7, 11) is 0. The minimum atomic E-state index is -0.278. The molecule has 3 N–H and O–H groups in total. The van der Waals surface area contributed by atoms with Crippen molar-refractivity contribution in [1.29, 1.82) is 0 Å². The molecule has 6 nitrogen and oxygen atoms in total. The Morgan fingerprint density at radius 2 is 1.73 bits per heavy atom. The zero-order chi connectivity index (χ0) is 18.1. The predicted octanol–water partition coefficient (Wildman–Crippen LogP) is 3.48. The van der Waals surface area contributed by atoms with Crippen molar-refractivity contribution >= 4 is 22.6 Å². The summed E-state index contributed by atoms with van der Waals surface area (Å²) in [6.45, 7) is 1.81. The molecule has 0 fully saturated rings. The second kappa shape index (κ2) is 6.33. The van der Waals surface area contributed by atoms with E-state index in [2.05, 4.69) is 20.3 Å². The molecule has 0 bridgehead atoms. The lowest BCUT2D eigenvalue weighted by Crippen LogP contribution is -2.14. The minimum absolute atomic E-state index is 0.244. The van der Waals surface area contributed by atoms with Gasteiger partial charge < -0.3 is 15.3 Å². The van der Waals surface area contributed by atoms with Gasteiger partial charge in [-0.25, -0.2) is 4.79 Å². The Morgan fingerprint density at radius 3 is 2.50 bits per heavy atom. The molecular formula is C20H16N4O2. The summed E-state index contributed by atoms with van der Waals surface area (Å²) in [5, 5.41) is 2.84. The van der Waals surface area contributed by atoms with Crippen LogP contribution in [0.15, 0.2) is 65.5 Å². The van der Waals surface area contributed by atoms with E-state index in [-0.39, 0.29) is 11.6 Å². The molecule has 26 heavy (non-hydrogen) atoms. The lowest BCUT2D eigenvalue weighted by atomic mass is 10.1. The van der Waals surface area contributed by atoms with Crippen molar-refractivity contribution in [1.82, 2.24) is 15.0 Å². The Balaban J connectivity index is 1.60. The summed E-state index contributed by atoms with van der Waals surface area (Å²) in [4.78, 5) is 33.8. The Bertz CT molecular complexity index is 1160. The summed E-state index contributed by atoms with van der Waals surface area (Å²) in [5.41, 5.74) is 4.65. The molecule has 4 aromatic rings. The lowest BCUT2D eigenvalue weighted by molar-refractivity contribution is 0.102. The van der Waals surface area contributed by atoms with Crippen LogP contribution in [0.5, 0.6) is 0 Å². The van der Waals surface area contributed by atoms with Crippen LogP contribution in [-0.4, -0.2) is 20.9 Å². The van der Waals surface area contributed by atoms with Crippen LogP contribution < -0.4 is 11.0 Å². The normalized spacial score (nSPS) is 10.8. The number of fused-ring (bicyclic) bond motifs is 1. The molecule has 4 rings (SSSR count). The maximum atomic E-state index is 12.6. The van der Waals surface area contributed by atoms with Gasteiger partial charge >= 0.3 is 5.69 Å². The summed E-state index contributed by atoms with van der Waals surface area (Å²) in [5.74, 6) is -0.244. The van der Waals surface area contributed by atoms with Crippen molar-refractivity contribution in [3.05, 3.63) is 82.4 Å². The fourth-order valence-electron chi connectivity index (χ4n) is 2.88. The predicted molar refractivity (Wildman–Crippen MR) is 101 cm³/mol. The number of benzene rings is 2. The highest BCUT2D eigenvalue weighted by atomic mass is 16.2. The van der Waals surface area contributed by atoms with Crippen LogP contribution in [0, 0.1) is 6.92 Å². The van der Waals surface area contributed by atoms with E-state index in [0.29, 0.717) is 28.0 Å². The SMILES string of the molecule is Cc1nc(-c2ccccc2)ccc1C(=O)Nc1ccc2[nH]c(=O)[nH]c2c1. The van der Waals surface area contributed by atoms with Gasteiger partial charge in [-0.15, -0.1) is 0 Å². The first-order valence-corrected chi connectivity index (χ1v) is 8.16. The molecule has 2 heterocycles. The molecule has 0 unspecified atom stereocenters. The largest absolute Gasteiger partial charge is 0.323 e. The second-order valence-electron chi connectivity index (χ2n) is 5.99. The monoisotopic (exact) mass is 344 g/mol. The van der Waals surface area contributed by atoms with Crippen molar-refractivity contribution in [2.75, 3.05) is 5.32 Å². The maximum Gasteiger partial charge on any atom is 0.323 e. The molecule has 0 spiro atoms. The molecule has 0 aliphatic heterocycles. The van der Waals surface area contributed by atoms with Gasteiger partial charge in [-0.2, -0.15) is 0 Å². The van der Waals surface area contributed by atoms with Gasteiger partial charge in [0.05, 0.1) is 28.0 Å². The second-order valence-corrected chi connectivity index (χ2v) is 5.99. The molecule has 0 saturated heterocycles. The van der Waals surface area contributed by atoms with Gasteiger partial charge in [-0.3, -0.25) is 9.78 Å². The first-order chi connectivity index (χ1) is 12.6. The molecule has 0 atom stereocenters. The van der Waals surface area contributed by atoms with Crippen LogP contribution in [0.2, 0.25) is 0 Å². The van der Waals surface area contributed by atoms with Crippen LogP contribution in [0.3, 0.4) is 0 Å². The number of carbonyl (C=O) groups is 1. The van der Waals surface area contributed by atoms with Crippen LogP contribution >= 0.6 is 0 Å². The smallest absolute Gasteiger partial charge is 0.322 e. The summed E-state index contributed by atoms with van der Waals surface area (Å²) >= 11 is 0. The zero-order valence-electron chi connectivity index (χ0n) is 14.0. The summed E-state index contributed by atoms with van der Waals surface area (Å²) in [6, 6.07) is 18.6. The first kappa shape index (κ1) is 15.8. The molecule has 2 aromatic carbocycles. The van der Waals surface area contributed by atoms with E-state index in [1.165, 1.54) is 0 Å². The van der Waals surface area contributed by atoms with Gasteiger partial charge in [0, 0.05) is 11.3 Å². The number of imidazole rings is 1. The summed E-state index contributed by atoms with van der Waals surface area (Å²) in [6.07, 6.45) is 0. The number of pyridine rings is 1. The molecular weight excluding hydrogens is 328 g/mol. The van der Waals surface area contributed by atoms with Gasteiger partial charge in [-0.1, -0.05) is 30.3 Å². The number of amides is 1. The van der Waals surface area contributed by atoms with Crippen LogP contribution in [-0.2, 0) is 0 Å². The Morgan fingerprint density at radius 1 is 0.962 bits per heavy atom. The highest BCUT2D eigenvalue weighted by Crippen LogP contribution is 2.20. The van der Waals surface area contributed by atoms with Crippen molar-refractivity contribution < 1.29 is 4.79 Å². The van der Waals surface area contributed by atoms with E-state index in [9.17, 15) is 9.59 Å². The number of rotatable bonds is 3. The van der Waals surface area contributed by atoms with E-state index < -0.39 is 0 Å². The van der Waals surface area contributed by atoms with E-state index >= 15 is 0 Å². The number of aromatic nitrogens is 3.